The summed E-state index contributed by atoms with van der Waals surface area (Å²) in [6.07, 6.45) is 4.19. The van der Waals surface area contributed by atoms with E-state index in [0.717, 1.165) is 53.9 Å². The second kappa shape index (κ2) is 9.40. The molecule has 2 heterocycles. The highest BCUT2D eigenvalue weighted by atomic mass is 127. The van der Waals surface area contributed by atoms with Crippen molar-refractivity contribution in [1.29, 1.82) is 0 Å². The molecule has 1 saturated carbocycles. The van der Waals surface area contributed by atoms with Crippen LogP contribution in [0.15, 0.2) is 59.7 Å². The van der Waals surface area contributed by atoms with Crippen LogP contribution in [0.5, 0.6) is 11.5 Å². The molecule has 0 spiro atoms. The first kappa shape index (κ1) is 22.4. The molecule has 7 nitrogen and oxygen atoms in total. The Morgan fingerprint density at radius 1 is 1.16 bits per heavy atom. The summed E-state index contributed by atoms with van der Waals surface area (Å²) in [5.74, 6) is 3.43. The predicted octanol–water partition coefficient (Wildman–Crippen LogP) is 4.16. The van der Waals surface area contributed by atoms with E-state index in [1.54, 1.807) is 0 Å². The van der Waals surface area contributed by atoms with Gasteiger partial charge in [-0.2, -0.15) is 0 Å². The van der Waals surface area contributed by atoms with Crippen LogP contribution < -0.4 is 14.8 Å². The molecule has 5 rings (SSSR count). The number of aromatic nitrogens is 2. The minimum atomic E-state index is 0. The highest BCUT2D eigenvalue weighted by Crippen LogP contribution is 2.49. The fourth-order valence-corrected chi connectivity index (χ4v) is 4.08. The summed E-state index contributed by atoms with van der Waals surface area (Å²) in [6, 6.07) is 16.5. The Bertz CT molecular complexity index is 1090. The molecular weight excluding hydrogens is 517 g/mol. The van der Waals surface area contributed by atoms with Crippen LogP contribution in [0.25, 0.3) is 11.3 Å². The molecule has 0 saturated heterocycles. The molecular formula is C24H28IN5O2. The van der Waals surface area contributed by atoms with Crippen LogP contribution in [0.3, 0.4) is 0 Å². The van der Waals surface area contributed by atoms with Crippen LogP contribution in [0.4, 0.5) is 0 Å². The van der Waals surface area contributed by atoms with E-state index in [9.17, 15) is 0 Å². The average molecular weight is 545 g/mol. The summed E-state index contributed by atoms with van der Waals surface area (Å²) < 4.78 is 11.0. The number of aliphatic imine (C=N–C) groups is 1. The first-order valence-electron chi connectivity index (χ1n) is 10.6. The Labute approximate surface area is 205 Å². The first-order chi connectivity index (χ1) is 15.2. The highest BCUT2D eigenvalue weighted by molar-refractivity contribution is 14.0. The molecule has 2 N–H and O–H groups in total. The van der Waals surface area contributed by atoms with Crippen LogP contribution >= 0.6 is 24.0 Å². The van der Waals surface area contributed by atoms with Crippen molar-refractivity contribution in [1.82, 2.24) is 20.2 Å². The van der Waals surface area contributed by atoms with Crippen molar-refractivity contribution in [2.45, 2.75) is 24.8 Å². The van der Waals surface area contributed by atoms with E-state index >= 15 is 0 Å². The topological polar surface area (TPSA) is 74.8 Å². The number of imidazole rings is 1. The summed E-state index contributed by atoms with van der Waals surface area (Å²) in [7, 11) is 3.84. The van der Waals surface area contributed by atoms with Crippen molar-refractivity contribution in [2.75, 3.05) is 27.4 Å². The highest BCUT2D eigenvalue weighted by Gasteiger charge is 2.45. The Hall–Kier alpha value is -2.75. The molecule has 2 aliphatic rings. The number of H-pyrrole nitrogens is 1. The van der Waals surface area contributed by atoms with E-state index in [4.69, 9.17) is 9.47 Å². The second-order valence-corrected chi connectivity index (χ2v) is 8.21. The fourth-order valence-electron chi connectivity index (χ4n) is 4.08. The van der Waals surface area contributed by atoms with E-state index in [-0.39, 0.29) is 29.4 Å². The van der Waals surface area contributed by atoms with Gasteiger partial charge in [-0.3, -0.25) is 4.99 Å². The van der Waals surface area contributed by atoms with Crippen LogP contribution in [-0.4, -0.2) is 48.3 Å². The number of hydrogen-bond donors (Lipinski definition) is 2. The Kier molecular flexibility index (Phi) is 6.59. The van der Waals surface area contributed by atoms with E-state index in [1.807, 2.05) is 44.6 Å². The number of guanidine groups is 1. The number of benzene rings is 2. The van der Waals surface area contributed by atoms with Gasteiger partial charge in [0.2, 0.25) is 6.79 Å². The molecule has 8 heteroatoms. The van der Waals surface area contributed by atoms with Gasteiger partial charge in [0, 0.05) is 26.1 Å². The third kappa shape index (κ3) is 4.55. The van der Waals surface area contributed by atoms with Crippen molar-refractivity contribution in [3.8, 4) is 22.8 Å². The smallest absolute Gasteiger partial charge is 0.231 e. The summed E-state index contributed by atoms with van der Waals surface area (Å²) in [4.78, 5) is 14.5. The summed E-state index contributed by atoms with van der Waals surface area (Å²) in [5, 5.41) is 3.56. The number of aromatic amines is 1. The van der Waals surface area contributed by atoms with E-state index < -0.39 is 0 Å². The van der Waals surface area contributed by atoms with Crippen LogP contribution in [0.2, 0.25) is 0 Å². The SMILES string of the molecule is CN=C(NCC1(c2ccc3c(c2)OCO3)CC1)N(C)Cc1ncc(-c2ccccc2)[nH]1.I. The normalized spacial score (nSPS) is 15.8. The van der Waals surface area contributed by atoms with Crippen LogP contribution in [-0.2, 0) is 12.0 Å². The molecule has 1 aromatic heterocycles. The van der Waals surface area contributed by atoms with Gasteiger partial charge in [-0.15, -0.1) is 24.0 Å². The average Bonchev–Trinajstić information content (AvgIpc) is 3.21. The van der Waals surface area contributed by atoms with E-state index in [1.165, 1.54) is 5.56 Å². The standard InChI is InChI=1S/C24H27N5O2.HI/c1-25-23(29(2)14-22-26-13-19(28-22)17-6-4-3-5-7-17)27-15-24(10-11-24)18-8-9-20-21(12-18)31-16-30-20;/h3-9,12-13H,10-11,14-16H2,1-2H3,(H,25,27)(H,26,28);1H. The maximum atomic E-state index is 5.56. The van der Waals surface area contributed by atoms with Crippen molar-refractivity contribution < 1.29 is 9.47 Å². The maximum Gasteiger partial charge on any atom is 0.231 e. The number of ether oxygens (including phenoxy) is 2. The molecule has 32 heavy (non-hydrogen) atoms. The quantitative estimate of drug-likeness (QED) is 0.277. The zero-order chi connectivity index (χ0) is 21.3. The Morgan fingerprint density at radius 3 is 2.69 bits per heavy atom. The molecule has 0 atom stereocenters. The number of hydrogen-bond acceptors (Lipinski definition) is 4. The van der Waals surface area contributed by atoms with Crippen molar-refractivity contribution in [3.05, 3.63) is 66.1 Å². The number of fused-ring (bicyclic) bond motifs is 1. The number of rotatable bonds is 6. The number of halogens is 1. The minimum Gasteiger partial charge on any atom is -0.454 e. The largest absolute Gasteiger partial charge is 0.454 e. The van der Waals surface area contributed by atoms with Gasteiger partial charge in [0.25, 0.3) is 0 Å². The fraction of sp³-hybridized carbons (Fsp3) is 0.333. The lowest BCUT2D eigenvalue weighted by Crippen LogP contribution is -2.42. The lowest BCUT2D eigenvalue weighted by molar-refractivity contribution is 0.174. The maximum absolute atomic E-state index is 5.56. The zero-order valence-corrected chi connectivity index (χ0v) is 20.6. The van der Waals surface area contributed by atoms with Crippen molar-refractivity contribution in [2.24, 2.45) is 4.99 Å². The molecule has 3 aromatic rings. The molecule has 0 unspecified atom stereocenters. The van der Waals surface area contributed by atoms with Gasteiger partial charge in [-0.05, 0) is 36.1 Å². The first-order valence-corrected chi connectivity index (χ1v) is 10.6. The van der Waals surface area contributed by atoms with Crippen molar-refractivity contribution in [3.63, 3.8) is 0 Å². The van der Waals surface area contributed by atoms with E-state index in [2.05, 4.69) is 49.4 Å². The van der Waals surface area contributed by atoms with Crippen LogP contribution in [0, 0.1) is 0 Å². The third-order valence-corrected chi connectivity index (χ3v) is 6.10. The number of nitrogens with zero attached hydrogens (tertiary/aromatic N) is 3. The van der Waals surface area contributed by atoms with Crippen LogP contribution in [0.1, 0.15) is 24.2 Å². The minimum absolute atomic E-state index is 0. The lowest BCUT2D eigenvalue weighted by atomic mass is 9.95. The van der Waals surface area contributed by atoms with Gasteiger partial charge in [-0.25, -0.2) is 4.98 Å². The lowest BCUT2D eigenvalue weighted by Gasteiger charge is -2.24. The molecule has 1 fully saturated rings. The summed E-state index contributed by atoms with van der Waals surface area (Å²) >= 11 is 0. The monoisotopic (exact) mass is 545 g/mol. The Morgan fingerprint density at radius 2 is 1.94 bits per heavy atom. The molecule has 2 aromatic carbocycles. The second-order valence-electron chi connectivity index (χ2n) is 8.21. The van der Waals surface area contributed by atoms with Crippen molar-refractivity contribution >= 4 is 29.9 Å². The molecule has 1 aliphatic heterocycles. The number of nitrogens with one attached hydrogen (secondary N) is 2. The molecule has 0 bridgehead atoms. The van der Waals surface area contributed by atoms with E-state index in [0.29, 0.717) is 13.3 Å². The van der Waals surface area contributed by atoms with Gasteiger partial charge in [0.15, 0.2) is 17.5 Å². The van der Waals surface area contributed by atoms with Gasteiger partial charge < -0.3 is 24.7 Å². The summed E-state index contributed by atoms with van der Waals surface area (Å²) in [6.45, 7) is 1.78. The molecule has 0 radical (unpaired) electrons. The molecule has 0 amide bonds. The molecule has 168 valence electrons. The van der Waals surface area contributed by atoms with Gasteiger partial charge in [0.05, 0.1) is 18.4 Å². The molecule has 1 aliphatic carbocycles. The Balaban J connectivity index is 0.00000245. The van der Waals surface area contributed by atoms with Gasteiger partial charge in [-0.1, -0.05) is 36.4 Å². The third-order valence-electron chi connectivity index (χ3n) is 6.10. The predicted molar refractivity (Wildman–Crippen MR) is 136 cm³/mol. The zero-order valence-electron chi connectivity index (χ0n) is 18.3. The summed E-state index contributed by atoms with van der Waals surface area (Å²) in [5.41, 5.74) is 3.57. The van der Waals surface area contributed by atoms with Gasteiger partial charge >= 0.3 is 0 Å². The van der Waals surface area contributed by atoms with Gasteiger partial charge in [0.1, 0.15) is 5.82 Å².